The first-order valence-electron chi connectivity index (χ1n) is 8.04. The summed E-state index contributed by atoms with van der Waals surface area (Å²) in [5, 5.41) is 0.799. The Hall–Kier alpha value is -0.770. The van der Waals surface area contributed by atoms with Crippen LogP contribution in [0.1, 0.15) is 32.8 Å². The molecule has 1 saturated heterocycles. The van der Waals surface area contributed by atoms with Crippen LogP contribution in [0.3, 0.4) is 0 Å². The molecule has 1 fully saturated rings. The van der Waals surface area contributed by atoms with Crippen LogP contribution in [0.5, 0.6) is 0 Å². The van der Waals surface area contributed by atoms with Gasteiger partial charge in [-0.2, -0.15) is 0 Å². The molecule has 0 saturated carbocycles. The standard InChI is InChI=1S/C17H28ClN3/c1-4-14(3)20-7-9-21(10-8-20)17-6-5-16(18)12-15(17)11-13(2)19/h5-6,12-14H,4,7-11,19H2,1-3H3. The van der Waals surface area contributed by atoms with E-state index in [1.165, 1.54) is 17.7 Å². The fraction of sp³-hybridized carbons (Fsp3) is 0.647. The lowest BCUT2D eigenvalue weighted by Crippen LogP contribution is -2.49. The summed E-state index contributed by atoms with van der Waals surface area (Å²) in [6, 6.07) is 7.05. The van der Waals surface area contributed by atoms with Gasteiger partial charge in [0.25, 0.3) is 0 Å². The molecule has 3 nitrogen and oxygen atoms in total. The summed E-state index contributed by atoms with van der Waals surface area (Å²) in [4.78, 5) is 5.06. The van der Waals surface area contributed by atoms with Gasteiger partial charge in [0.2, 0.25) is 0 Å². The summed E-state index contributed by atoms with van der Waals surface area (Å²) in [5.74, 6) is 0. The summed E-state index contributed by atoms with van der Waals surface area (Å²) in [6.45, 7) is 11.1. The molecule has 0 aliphatic carbocycles. The van der Waals surface area contributed by atoms with Crippen LogP contribution in [-0.4, -0.2) is 43.2 Å². The van der Waals surface area contributed by atoms with Crippen molar-refractivity contribution < 1.29 is 0 Å². The number of halogens is 1. The predicted molar refractivity (Wildman–Crippen MR) is 92.3 cm³/mol. The fourth-order valence-corrected chi connectivity index (χ4v) is 3.23. The van der Waals surface area contributed by atoms with Crippen molar-refractivity contribution in [1.82, 2.24) is 4.90 Å². The van der Waals surface area contributed by atoms with Crippen LogP contribution >= 0.6 is 11.6 Å². The van der Waals surface area contributed by atoms with Gasteiger partial charge in [-0.15, -0.1) is 0 Å². The summed E-state index contributed by atoms with van der Waals surface area (Å²) in [5.41, 5.74) is 8.56. The van der Waals surface area contributed by atoms with Gasteiger partial charge in [-0.1, -0.05) is 18.5 Å². The number of nitrogens with two attached hydrogens (primary N) is 1. The van der Waals surface area contributed by atoms with Gasteiger partial charge in [-0.05, 0) is 50.5 Å². The second kappa shape index (κ2) is 7.48. The zero-order valence-electron chi connectivity index (χ0n) is 13.5. The van der Waals surface area contributed by atoms with Gasteiger partial charge < -0.3 is 10.6 Å². The molecule has 1 aliphatic heterocycles. The lowest BCUT2D eigenvalue weighted by atomic mass is 10.0. The summed E-state index contributed by atoms with van der Waals surface area (Å²) in [6.07, 6.45) is 2.10. The number of hydrogen-bond acceptors (Lipinski definition) is 3. The van der Waals surface area contributed by atoms with E-state index in [4.69, 9.17) is 17.3 Å². The molecule has 21 heavy (non-hydrogen) atoms. The normalized spacial score (nSPS) is 19.6. The fourth-order valence-electron chi connectivity index (χ4n) is 3.03. The van der Waals surface area contributed by atoms with Crippen molar-refractivity contribution in [2.45, 2.75) is 45.7 Å². The molecule has 0 bridgehead atoms. The van der Waals surface area contributed by atoms with Crippen molar-refractivity contribution in [3.63, 3.8) is 0 Å². The molecule has 2 rings (SSSR count). The molecule has 118 valence electrons. The van der Waals surface area contributed by atoms with Crippen LogP contribution in [0, 0.1) is 0 Å². The molecule has 2 unspecified atom stereocenters. The Balaban J connectivity index is 2.09. The molecule has 4 heteroatoms. The Morgan fingerprint density at radius 3 is 2.43 bits per heavy atom. The van der Waals surface area contributed by atoms with Crippen LogP contribution in [0.4, 0.5) is 5.69 Å². The van der Waals surface area contributed by atoms with E-state index in [1.807, 2.05) is 13.0 Å². The highest BCUT2D eigenvalue weighted by Gasteiger charge is 2.22. The molecular weight excluding hydrogens is 282 g/mol. The Bertz CT molecular complexity index is 453. The SMILES string of the molecule is CCC(C)N1CCN(c2ccc(Cl)cc2CC(C)N)CC1. The Morgan fingerprint density at radius 2 is 1.86 bits per heavy atom. The average molecular weight is 310 g/mol. The second-order valence-corrected chi connectivity index (χ2v) is 6.67. The van der Waals surface area contributed by atoms with Crippen LogP contribution in [0.15, 0.2) is 18.2 Å². The smallest absolute Gasteiger partial charge is 0.0410 e. The maximum atomic E-state index is 6.16. The highest BCUT2D eigenvalue weighted by Crippen LogP contribution is 2.27. The molecule has 0 aromatic heterocycles. The lowest BCUT2D eigenvalue weighted by molar-refractivity contribution is 0.192. The molecule has 1 aromatic carbocycles. The van der Waals surface area contributed by atoms with Crippen LogP contribution in [0.25, 0.3) is 0 Å². The number of anilines is 1. The molecule has 0 amide bonds. The number of nitrogens with zero attached hydrogens (tertiary/aromatic N) is 2. The minimum Gasteiger partial charge on any atom is -0.369 e. The Kier molecular flexibility index (Phi) is 5.91. The highest BCUT2D eigenvalue weighted by molar-refractivity contribution is 6.30. The summed E-state index contributed by atoms with van der Waals surface area (Å²) in [7, 11) is 0. The van der Waals surface area contributed by atoms with E-state index >= 15 is 0 Å². The van der Waals surface area contributed by atoms with E-state index in [9.17, 15) is 0 Å². The van der Waals surface area contributed by atoms with Crippen LogP contribution in [-0.2, 0) is 6.42 Å². The first-order chi connectivity index (χ1) is 10.0. The molecule has 0 spiro atoms. The van der Waals surface area contributed by atoms with Crippen molar-refractivity contribution in [3.05, 3.63) is 28.8 Å². The molecule has 2 atom stereocenters. The van der Waals surface area contributed by atoms with Gasteiger partial charge in [0.05, 0.1) is 0 Å². The Morgan fingerprint density at radius 1 is 1.19 bits per heavy atom. The zero-order chi connectivity index (χ0) is 15.4. The Labute approximate surface area is 134 Å². The van der Waals surface area contributed by atoms with E-state index in [2.05, 4.69) is 35.8 Å². The minimum absolute atomic E-state index is 0.156. The lowest BCUT2D eigenvalue weighted by Gasteiger charge is -2.39. The highest BCUT2D eigenvalue weighted by atomic mass is 35.5. The number of hydrogen-bond donors (Lipinski definition) is 1. The van der Waals surface area contributed by atoms with Gasteiger partial charge in [-0.3, -0.25) is 4.90 Å². The summed E-state index contributed by atoms with van der Waals surface area (Å²) >= 11 is 6.16. The van der Waals surface area contributed by atoms with E-state index in [0.29, 0.717) is 6.04 Å². The first-order valence-corrected chi connectivity index (χ1v) is 8.42. The topological polar surface area (TPSA) is 32.5 Å². The zero-order valence-corrected chi connectivity index (χ0v) is 14.2. The quantitative estimate of drug-likeness (QED) is 0.907. The van der Waals surface area contributed by atoms with Gasteiger partial charge in [0, 0.05) is 49.0 Å². The second-order valence-electron chi connectivity index (χ2n) is 6.23. The van der Waals surface area contributed by atoms with Gasteiger partial charge in [0.1, 0.15) is 0 Å². The predicted octanol–water partition coefficient (Wildman–Crippen LogP) is 3.15. The van der Waals surface area contributed by atoms with Crippen molar-refractivity contribution in [3.8, 4) is 0 Å². The van der Waals surface area contributed by atoms with Crippen LogP contribution in [0.2, 0.25) is 5.02 Å². The molecule has 1 aromatic rings. The number of rotatable bonds is 5. The molecule has 1 aliphatic rings. The third-order valence-electron chi connectivity index (χ3n) is 4.45. The molecule has 1 heterocycles. The third-order valence-corrected chi connectivity index (χ3v) is 4.69. The molecule has 2 N–H and O–H groups in total. The van der Waals surface area contributed by atoms with Crippen molar-refractivity contribution in [2.75, 3.05) is 31.1 Å². The van der Waals surface area contributed by atoms with E-state index in [-0.39, 0.29) is 6.04 Å². The maximum absolute atomic E-state index is 6.16. The monoisotopic (exact) mass is 309 g/mol. The first kappa shape index (κ1) is 16.6. The number of piperazine rings is 1. The number of benzene rings is 1. The average Bonchev–Trinajstić information content (AvgIpc) is 2.46. The van der Waals surface area contributed by atoms with Crippen molar-refractivity contribution >= 4 is 17.3 Å². The van der Waals surface area contributed by atoms with E-state index in [1.54, 1.807) is 0 Å². The largest absolute Gasteiger partial charge is 0.369 e. The van der Waals surface area contributed by atoms with E-state index in [0.717, 1.165) is 37.6 Å². The van der Waals surface area contributed by atoms with Crippen LogP contribution < -0.4 is 10.6 Å². The van der Waals surface area contributed by atoms with Crippen molar-refractivity contribution in [2.24, 2.45) is 5.73 Å². The van der Waals surface area contributed by atoms with E-state index < -0.39 is 0 Å². The van der Waals surface area contributed by atoms with Crippen molar-refractivity contribution in [1.29, 1.82) is 0 Å². The molecule has 0 radical (unpaired) electrons. The van der Waals surface area contributed by atoms with Gasteiger partial charge in [-0.25, -0.2) is 0 Å². The van der Waals surface area contributed by atoms with Gasteiger partial charge in [0.15, 0.2) is 0 Å². The van der Waals surface area contributed by atoms with Gasteiger partial charge >= 0.3 is 0 Å². The minimum atomic E-state index is 0.156. The third kappa shape index (κ3) is 4.35. The maximum Gasteiger partial charge on any atom is 0.0410 e. The summed E-state index contributed by atoms with van der Waals surface area (Å²) < 4.78 is 0. The molecular formula is C17H28ClN3.